The van der Waals surface area contributed by atoms with Crippen LogP contribution in [0.5, 0.6) is 0 Å². The van der Waals surface area contributed by atoms with Crippen LogP contribution in [0.3, 0.4) is 0 Å². The molecule has 0 fully saturated rings. The van der Waals surface area contributed by atoms with Crippen LogP contribution in [0.15, 0.2) is 18.2 Å². The largest absolute Gasteiger partial charge is 0.452 e. The molecule has 1 rings (SSSR count). The van der Waals surface area contributed by atoms with Crippen molar-refractivity contribution in [3.63, 3.8) is 0 Å². The fourth-order valence-electron chi connectivity index (χ4n) is 0.892. The van der Waals surface area contributed by atoms with Gasteiger partial charge in [0.2, 0.25) is 0 Å². The average molecular weight is 248 g/mol. The molecule has 0 unspecified atom stereocenters. The van der Waals surface area contributed by atoms with Crippen molar-refractivity contribution in [2.75, 3.05) is 6.61 Å². The monoisotopic (exact) mass is 247 g/mol. The Bertz CT molecular complexity index is 386. The number of halogens is 2. The van der Waals surface area contributed by atoms with Crippen LogP contribution in [0, 0.1) is 0 Å². The van der Waals surface area contributed by atoms with Crippen molar-refractivity contribution in [3.8, 4) is 0 Å². The number of primary amides is 1. The molecule has 0 aliphatic rings. The Labute approximate surface area is 95.9 Å². The lowest BCUT2D eigenvalue weighted by Crippen LogP contribution is -2.20. The second kappa shape index (κ2) is 5.00. The molecule has 0 aromatic heterocycles. The molecule has 15 heavy (non-hydrogen) atoms. The van der Waals surface area contributed by atoms with E-state index in [1.165, 1.54) is 18.2 Å². The lowest BCUT2D eigenvalue weighted by atomic mass is 10.2. The fourth-order valence-corrected chi connectivity index (χ4v) is 1.42. The Kier molecular flexibility index (Phi) is 3.94. The summed E-state index contributed by atoms with van der Waals surface area (Å²) in [5.41, 5.74) is 4.99. The highest BCUT2D eigenvalue weighted by Crippen LogP contribution is 2.19. The minimum absolute atomic E-state index is 0.175. The van der Waals surface area contributed by atoms with Gasteiger partial charge in [0.05, 0.1) is 5.56 Å². The van der Waals surface area contributed by atoms with Gasteiger partial charge in [-0.2, -0.15) is 0 Å². The van der Waals surface area contributed by atoms with Crippen LogP contribution in [-0.2, 0) is 9.53 Å². The summed E-state index contributed by atoms with van der Waals surface area (Å²) in [6, 6.07) is 4.25. The van der Waals surface area contributed by atoms with Crippen molar-refractivity contribution in [2.24, 2.45) is 5.73 Å². The van der Waals surface area contributed by atoms with Gasteiger partial charge in [-0.1, -0.05) is 23.2 Å². The summed E-state index contributed by atoms with van der Waals surface area (Å²) in [6.45, 7) is -0.469. The zero-order valence-corrected chi connectivity index (χ0v) is 9.01. The van der Waals surface area contributed by atoms with Gasteiger partial charge in [0, 0.05) is 10.0 Å². The van der Waals surface area contributed by atoms with E-state index < -0.39 is 18.5 Å². The Balaban J connectivity index is 2.77. The van der Waals surface area contributed by atoms with Crippen molar-refractivity contribution >= 4 is 35.1 Å². The van der Waals surface area contributed by atoms with Crippen molar-refractivity contribution in [2.45, 2.75) is 0 Å². The molecule has 0 bridgehead atoms. The van der Waals surface area contributed by atoms with Gasteiger partial charge in [-0.3, -0.25) is 4.79 Å². The molecule has 1 aromatic carbocycles. The second-order valence-corrected chi connectivity index (χ2v) is 3.57. The van der Waals surface area contributed by atoms with Gasteiger partial charge >= 0.3 is 5.97 Å². The molecule has 0 atom stereocenters. The number of rotatable bonds is 3. The van der Waals surface area contributed by atoms with E-state index in [0.29, 0.717) is 10.0 Å². The Morgan fingerprint density at radius 1 is 1.20 bits per heavy atom. The summed E-state index contributed by atoms with van der Waals surface area (Å²) in [6.07, 6.45) is 0. The van der Waals surface area contributed by atoms with Gasteiger partial charge in [-0.25, -0.2) is 4.79 Å². The number of amides is 1. The fraction of sp³-hybridized carbons (Fsp3) is 0.111. The van der Waals surface area contributed by atoms with Gasteiger partial charge in [0.15, 0.2) is 6.61 Å². The third-order valence-electron chi connectivity index (χ3n) is 1.44. The van der Waals surface area contributed by atoms with Crippen molar-refractivity contribution in [3.05, 3.63) is 33.8 Å². The summed E-state index contributed by atoms with van der Waals surface area (Å²) >= 11 is 11.3. The summed E-state index contributed by atoms with van der Waals surface area (Å²) in [7, 11) is 0. The van der Waals surface area contributed by atoms with Crippen LogP contribution in [0.4, 0.5) is 0 Å². The van der Waals surface area contributed by atoms with Gasteiger partial charge in [-0.05, 0) is 18.2 Å². The molecule has 0 spiro atoms. The number of hydrogen-bond acceptors (Lipinski definition) is 3. The van der Waals surface area contributed by atoms with Crippen molar-refractivity contribution in [1.82, 2.24) is 0 Å². The first-order chi connectivity index (χ1) is 6.99. The van der Waals surface area contributed by atoms with Crippen LogP contribution >= 0.6 is 23.2 Å². The second-order valence-electron chi connectivity index (χ2n) is 2.70. The molecule has 0 saturated carbocycles. The molecule has 4 nitrogen and oxygen atoms in total. The van der Waals surface area contributed by atoms with E-state index in [4.69, 9.17) is 28.9 Å². The predicted octanol–water partition coefficient (Wildman–Crippen LogP) is 1.64. The maximum absolute atomic E-state index is 11.3. The van der Waals surface area contributed by atoms with E-state index in [9.17, 15) is 9.59 Å². The van der Waals surface area contributed by atoms with Gasteiger partial charge < -0.3 is 10.5 Å². The molecule has 0 radical (unpaired) electrons. The van der Waals surface area contributed by atoms with Crippen LogP contribution in [0.25, 0.3) is 0 Å². The Morgan fingerprint density at radius 2 is 1.73 bits per heavy atom. The molecule has 0 saturated heterocycles. The summed E-state index contributed by atoms with van der Waals surface area (Å²) in [5.74, 6) is -1.42. The highest BCUT2D eigenvalue weighted by Gasteiger charge is 2.10. The van der Waals surface area contributed by atoms with E-state index in [1.807, 2.05) is 0 Å². The first-order valence-corrected chi connectivity index (χ1v) is 4.66. The number of carbonyl (C=O) groups is 2. The normalized spacial score (nSPS) is 9.73. The minimum Gasteiger partial charge on any atom is -0.452 e. The number of esters is 1. The van der Waals surface area contributed by atoms with Crippen LogP contribution in [0.1, 0.15) is 10.4 Å². The zero-order valence-electron chi connectivity index (χ0n) is 7.50. The predicted molar refractivity (Wildman–Crippen MR) is 55.9 cm³/mol. The minimum atomic E-state index is -0.725. The summed E-state index contributed by atoms with van der Waals surface area (Å²) in [5, 5.41) is 0.627. The highest BCUT2D eigenvalue weighted by molar-refractivity contribution is 6.35. The van der Waals surface area contributed by atoms with Gasteiger partial charge in [0.25, 0.3) is 5.91 Å². The molecular weight excluding hydrogens is 241 g/mol. The molecule has 0 heterocycles. The quantitative estimate of drug-likeness (QED) is 0.826. The van der Waals surface area contributed by atoms with Crippen molar-refractivity contribution in [1.29, 1.82) is 0 Å². The van der Waals surface area contributed by atoms with E-state index in [2.05, 4.69) is 4.74 Å². The lowest BCUT2D eigenvalue weighted by molar-refractivity contribution is -0.121. The smallest absolute Gasteiger partial charge is 0.338 e. The number of benzene rings is 1. The molecule has 2 N–H and O–H groups in total. The van der Waals surface area contributed by atoms with Crippen molar-refractivity contribution < 1.29 is 14.3 Å². The third kappa shape index (κ3) is 3.77. The lowest BCUT2D eigenvalue weighted by Gasteiger charge is -2.03. The average Bonchev–Trinajstić information content (AvgIpc) is 2.12. The molecular formula is C9H7Cl2NO3. The van der Waals surface area contributed by atoms with E-state index in [-0.39, 0.29) is 5.56 Å². The van der Waals surface area contributed by atoms with E-state index in [1.54, 1.807) is 0 Å². The summed E-state index contributed by atoms with van der Waals surface area (Å²) in [4.78, 5) is 21.7. The number of ether oxygens (including phenoxy) is 1. The number of carbonyl (C=O) groups excluding carboxylic acids is 2. The van der Waals surface area contributed by atoms with Gasteiger partial charge in [0.1, 0.15) is 0 Å². The van der Waals surface area contributed by atoms with Crippen LogP contribution in [-0.4, -0.2) is 18.5 Å². The molecule has 0 aliphatic carbocycles. The Hall–Kier alpha value is -1.26. The topological polar surface area (TPSA) is 69.4 Å². The summed E-state index contributed by atoms with van der Waals surface area (Å²) < 4.78 is 4.57. The SMILES string of the molecule is NC(=O)COC(=O)c1cc(Cl)cc(Cl)c1. The molecule has 6 heteroatoms. The van der Waals surface area contributed by atoms with E-state index >= 15 is 0 Å². The molecule has 1 amide bonds. The number of nitrogens with two attached hydrogens (primary N) is 1. The first-order valence-electron chi connectivity index (χ1n) is 3.90. The van der Waals surface area contributed by atoms with Crippen LogP contribution in [0.2, 0.25) is 10.0 Å². The molecule has 0 aliphatic heterocycles. The molecule has 1 aromatic rings. The maximum Gasteiger partial charge on any atom is 0.338 e. The van der Waals surface area contributed by atoms with Gasteiger partial charge in [-0.15, -0.1) is 0 Å². The van der Waals surface area contributed by atoms with Crippen LogP contribution < -0.4 is 5.73 Å². The first kappa shape index (κ1) is 11.8. The van der Waals surface area contributed by atoms with E-state index in [0.717, 1.165) is 0 Å². The highest BCUT2D eigenvalue weighted by atomic mass is 35.5. The maximum atomic E-state index is 11.3. The zero-order chi connectivity index (χ0) is 11.4. The third-order valence-corrected chi connectivity index (χ3v) is 1.88. The Morgan fingerprint density at radius 3 is 2.20 bits per heavy atom. The number of hydrogen-bond donors (Lipinski definition) is 1. The molecule has 80 valence electrons. The standard InChI is InChI=1S/C9H7Cl2NO3/c10-6-1-5(2-7(11)3-6)9(14)15-4-8(12)13/h1-3H,4H2,(H2,12,13).